The van der Waals surface area contributed by atoms with Crippen molar-refractivity contribution in [3.63, 3.8) is 0 Å². The van der Waals surface area contributed by atoms with Gasteiger partial charge in [-0.05, 0) is 68.0 Å². The summed E-state index contributed by atoms with van der Waals surface area (Å²) in [5.41, 5.74) is 8.08. The Morgan fingerprint density at radius 1 is 1.09 bits per heavy atom. The average molecular weight is 642 g/mol. The summed E-state index contributed by atoms with van der Waals surface area (Å²) in [5, 5.41) is 8.16. The highest BCUT2D eigenvalue weighted by atomic mass is 31.2. The van der Waals surface area contributed by atoms with Gasteiger partial charge in [0.15, 0.2) is 0 Å². The van der Waals surface area contributed by atoms with Crippen LogP contribution in [-0.2, 0) is 41.4 Å². The second-order valence-corrected chi connectivity index (χ2v) is 12.3. The van der Waals surface area contributed by atoms with Gasteiger partial charge >= 0.3 is 7.82 Å². The number of nitrogens with zero attached hydrogens (tertiary/aromatic N) is 1. The zero-order chi connectivity index (χ0) is 32.9. The number of phosphoric ester groups is 1. The van der Waals surface area contributed by atoms with Gasteiger partial charge in [0.25, 0.3) is 0 Å². The fraction of sp³-hybridized carbons (Fsp3) is 0.367. The third-order valence-electron chi connectivity index (χ3n) is 7.30. The van der Waals surface area contributed by atoms with Gasteiger partial charge in [0.1, 0.15) is 23.9 Å². The summed E-state index contributed by atoms with van der Waals surface area (Å²) in [6, 6.07) is 8.02. The van der Waals surface area contributed by atoms with Gasteiger partial charge in [-0.3, -0.25) is 38.7 Å². The lowest BCUT2D eigenvalue weighted by molar-refractivity contribution is -0.131. The van der Waals surface area contributed by atoms with E-state index >= 15 is 0 Å². The number of carbonyl (C=O) groups excluding carboxylic acids is 5. The predicted octanol–water partition coefficient (Wildman–Crippen LogP) is 0.835. The molecule has 0 aliphatic carbocycles. The largest absolute Gasteiger partial charge is 0.524 e. The Labute approximate surface area is 259 Å². The highest BCUT2D eigenvalue weighted by molar-refractivity contribution is 7.46. The fourth-order valence-corrected chi connectivity index (χ4v) is 5.75. The van der Waals surface area contributed by atoms with Crippen LogP contribution in [0.25, 0.3) is 6.08 Å². The van der Waals surface area contributed by atoms with E-state index in [4.69, 9.17) is 15.5 Å². The van der Waals surface area contributed by atoms with E-state index in [2.05, 4.69) is 20.5 Å². The lowest BCUT2D eigenvalue weighted by Crippen LogP contribution is -2.57. The van der Waals surface area contributed by atoms with E-state index in [1.165, 1.54) is 41.3 Å². The fourth-order valence-electron chi connectivity index (χ4n) is 5.35. The molecule has 0 radical (unpaired) electrons. The highest BCUT2D eigenvalue weighted by Gasteiger charge is 2.44. The number of nitrogens with one attached hydrogen (secondary N) is 3. The van der Waals surface area contributed by atoms with Crippen LogP contribution in [0.3, 0.4) is 0 Å². The van der Waals surface area contributed by atoms with Crippen LogP contribution in [-0.4, -0.2) is 63.5 Å². The molecule has 7 N–H and O–H groups in total. The van der Waals surface area contributed by atoms with E-state index in [-0.39, 0.29) is 37.5 Å². The molecule has 0 spiro atoms. The second-order valence-electron chi connectivity index (χ2n) is 11.2. The minimum absolute atomic E-state index is 0.0110. The number of aryl methyl sites for hydroxylation is 1. The van der Waals surface area contributed by atoms with Crippen molar-refractivity contribution in [2.45, 2.75) is 70.1 Å². The van der Waals surface area contributed by atoms with Gasteiger partial charge in [0.2, 0.25) is 29.5 Å². The highest BCUT2D eigenvalue weighted by Crippen LogP contribution is 2.39. The second kappa shape index (κ2) is 14.1. The Morgan fingerprint density at radius 2 is 1.78 bits per heavy atom. The Balaban J connectivity index is 1.50. The van der Waals surface area contributed by atoms with Crippen molar-refractivity contribution in [2.24, 2.45) is 5.73 Å². The number of rotatable bonds is 12. The van der Waals surface area contributed by atoms with Crippen molar-refractivity contribution in [3.05, 3.63) is 65.2 Å². The first-order valence-corrected chi connectivity index (χ1v) is 15.9. The molecule has 0 unspecified atom stereocenters. The van der Waals surface area contributed by atoms with Gasteiger partial charge in [0.05, 0.1) is 5.69 Å². The first kappa shape index (κ1) is 33.4. The van der Waals surface area contributed by atoms with Gasteiger partial charge in [0, 0.05) is 25.0 Å². The number of para-hydroxylation sites is 1. The molecule has 0 bridgehead atoms. The molecule has 0 aromatic heterocycles. The monoisotopic (exact) mass is 641 g/mol. The van der Waals surface area contributed by atoms with Gasteiger partial charge in [-0.15, -0.1) is 0 Å². The summed E-state index contributed by atoms with van der Waals surface area (Å²) >= 11 is 0. The van der Waals surface area contributed by atoms with Crippen molar-refractivity contribution in [2.75, 3.05) is 4.90 Å². The van der Waals surface area contributed by atoms with Crippen LogP contribution in [0.5, 0.6) is 5.75 Å². The van der Waals surface area contributed by atoms with Crippen molar-refractivity contribution < 1.29 is 42.8 Å². The summed E-state index contributed by atoms with van der Waals surface area (Å²) in [4.78, 5) is 83.9. The van der Waals surface area contributed by atoms with Crippen LogP contribution in [0.2, 0.25) is 0 Å². The number of carbonyl (C=O) groups is 5. The molecule has 45 heavy (non-hydrogen) atoms. The first-order valence-electron chi connectivity index (χ1n) is 14.4. The van der Waals surface area contributed by atoms with E-state index in [9.17, 15) is 28.5 Å². The molecule has 4 rings (SSSR count). The Bertz CT molecular complexity index is 1550. The molecule has 240 valence electrons. The van der Waals surface area contributed by atoms with Crippen LogP contribution in [0.1, 0.15) is 49.8 Å². The van der Waals surface area contributed by atoms with Crippen LogP contribution < -0.4 is 31.1 Å². The zero-order valence-electron chi connectivity index (χ0n) is 24.8. The van der Waals surface area contributed by atoms with Crippen LogP contribution in [0.4, 0.5) is 5.69 Å². The molecule has 15 heteroatoms. The topological polar surface area (TPSA) is 217 Å². The molecule has 2 aliphatic heterocycles. The minimum atomic E-state index is -4.70. The molecule has 2 aromatic rings. The average Bonchev–Trinajstić information content (AvgIpc) is 3.29. The lowest BCUT2D eigenvalue weighted by atomic mass is 10.0. The van der Waals surface area contributed by atoms with Crippen molar-refractivity contribution in [3.8, 4) is 5.75 Å². The first-order chi connectivity index (χ1) is 21.2. The summed E-state index contributed by atoms with van der Waals surface area (Å²) < 4.78 is 15.5. The molecule has 14 nitrogen and oxygen atoms in total. The Kier molecular flexibility index (Phi) is 10.4. The Hall–Kier alpha value is -4.52. The molecular formula is C30H36N5O9P. The van der Waals surface area contributed by atoms with Gasteiger partial charge in [-0.1, -0.05) is 30.3 Å². The standard InChI is InChI=1S/C30H36N5O9P/c1-17(2)32-28(38)22(13-14-25(31)36)34-29(39)24-16-20-5-3-4-19-9-12-23(30(40)35(24)27(19)20)33-26(37)15-8-18-6-10-21(11-7-18)44-45(41,42)43/h3-8,10-11,15,17,22-24H,9,12-14,16H2,1-2H3,(H2,31,36)(H,32,38)(H,33,37)(H,34,39)(H2,41,42,43)/b15-8+/t22-,23-,24-/m0/s1. The molecule has 2 aliphatic rings. The van der Waals surface area contributed by atoms with E-state index in [0.717, 1.165) is 11.1 Å². The number of nitrogens with two attached hydrogens (primary N) is 1. The van der Waals surface area contributed by atoms with Crippen LogP contribution >= 0.6 is 7.82 Å². The minimum Gasteiger partial charge on any atom is -0.404 e. The predicted molar refractivity (Wildman–Crippen MR) is 163 cm³/mol. The molecule has 3 atom stereocenters. The summed E-state index contributed by atoms with van der Waals surface area (Å²) in [6.07, 6.45) is 3.51. The van der Waals surface area contributed by atoms with Crippen molar-refractivity contribution in [1.82, 2.24) is 16.0 Å². The van der Waals surface area contributed by atoms with Gasteiger partial charge < -0.3 is 26.2 Å². The number of amides is 5. The van der Waals surface area contributed by atoms with Crippen molar-refractivity contribution in [1.29, 1.82) is 0 Å². The number of hydrogen-bond acceptors (Lipinski definition) is 7. The molecule has 0 saturated carbocycles. The van der Waals surface area contributed by atoms with Gasteiger partial charge in [-0.2, -0.15) is 0 Å². The molecule has 2 aromatic carbocycles. The third-order valence-corrected chi connectivity index (χ3v) is 7.75. The van der Waals surface area contributed by atoms with E-state index in [1.807, 2.05) is 18.2 Å². The molecule has 0 fully saturated rings. The number of hydrogen-bond donors (Lipinski definition) is 6. The van der Waals surface area contributed by atoms with E-state index < -0.39 is 55.5 Å². The zero-order valence-corrected chi connectivity index (χ0v) is 25.7. The van der Waals surface area contributed by atoms with Crippen molar-refractivity contribution >= 4 is 49.1 Å². The molecule has 2 heterocycles. The van der Waals surface area contributed by atoms with E-state index in [1.54, 1.807) is 13.8 Å². The SMILES string of the molecule is CC(C)NC(=O)[C@H](CCC(N)=O)NC(=O)[C@@H]1Cc2cccc3c2N1C(=O)[C@@H](NC(=O)/C=C/c1ccc(OP(=O)(O)O)cc1)CC3. The summed E-state index contributed by atoms with van der Waals surface area (Å²) in [6.45, 7) is 3.53. The Morgan fingerprint density at radius 3 is 2.42 bits per heavy atom. The van der Waals surface area contributed by atoms with Gasteiger partial charge in [-0.25, -0.2) is 4.57 Å². The van der Waals surface area contributed by atoms with Crippen LogP contribution in [0.15, 0.2) is 48.5 Å². The normalized spacial score (nSPS) is 18.2. The quantitative estimate of drug-likeness (QED) is 0.143. The maximum atomic E-state index is 13.9. The number of benzene rings is 2. The summed E-state index contributed by atoms with van der Waals surface area (Å²) in [5.74, 6) is -2.74. The molecular weight excluding hydrogens is 605 g/mol. The molecule has 0 saturated heterocycles. The molecule has 5 amide bonds. The summed E-state index contributed by atoms with van der Waals surface area (Å²) in [7, 11) is -4.70. The maximum absolute atomic E-state index is 13.9. The lowest BCUT2D eigenvalue weighted by Gasteiger charge is -2.29. The smallest absolute Gasteiger partial charge is 0.404 e. The number of anilines is 1. The number of phosphoric acid groups is 1. The van der Waals surface area contributed by atoms with E-state index in [0.29, 0.717) is 17.7 Å². The number of primary amides is 1. The van der Waals surface area contributed by atoms with Crippen LogP contribution in [0, 0.1) is 0 Å². The maximum Gasteiger partial charge on any atom is 0.524 e. The third kappa shape index (κ3) is 8.78.